The Morgan fingerprint density at radius 1 is 0.367 bits per heavy atom. The van der Waals surface area contributed by atoms with Crippen molar-refractivity contribution in [3.63, 3.8) is 0 Å². The number of nitrogens with zero attached hydrogens (tertiary/aromatic N) is 3. The van der Waals surface area contributed by atoms with E-state index in [1.807, 2.05) is 11.3 Å². The summed E-state index contributed by atoms with van der Waals surface area (Å²) in [6.07, 6.45) is 0. The minimum atomic E-state index is 0.652. The van der Waals surface area contributed by atoms with Crippen LogP contribution in [0, 0.1) is 0 Å². The molecule has 13 rings (SSSR count). The first-order valence-electron chi connectivity index (χ1n) is 20.4. The van der Waals surface area contributed by atoms with Gasteiger partial charge < -0.3 is 0 Å². The molecule has 4 heteroatoms. The van der Waals surface area contributed by atoms with E-state index in [1.165, 1.54) is 80.0 Å². The van der Waals surface area contributed by atoms with Crippen molar-refractivity contribution in [2.75, 3.05) is 0 Å². The molecule has 0 unspecified atom stereocenters. The molecular weight excluding hydrogens is 747 g/mol. The van der Waals surface area contributed by atoms with Gasteiger partial charge in [-0.05, 0) is 61.6 Å². The van der Waals surface area contributed by atoms with Crippen LogP contribution in [0.1, 0.15) is 0 Å². The van der Waals surface area contributed by atoms with Crippen molar-refractivity contribution in [2.24, 2.45) is 0 Å². The molecule has 10 aromatic carbocycles. The second-order valence-corrected chi connectivity index (χ2v) is 16.7. The Hall–Kier alpha value is -7.66. The minimum Gasteiger partial charge on any atom is -0.277 e. The normalized spacial score (nSPS) is 12.0. The van der Waals surface area contributed by atoms with Crippen LogP contribution in [-0.4, -0.2) is 14.5 Å². The fourth-order valence-corrected chi connectivity index (χ4v) is 11.0. The van der Waals surface area contributed by atoms with Crippen molar-refractivity contribution in [1.29, 1.82) is 0 Å². The van der Waals surface area contributed by atoms with Gasteiger partial charge in [0, 0.05) is 53.0 Å². The zero-order chi connectivity index (χ0) is 39.3. The molecule has 13 aromatic rings. The van der Waals surface area contributed by atoms with Crippen LogP contribution in [0.3, 0.4) is 0 Å². The zero-order valence-electron chi connectivity index (χ0n) is 32.3. The second-order valence-electron chi connectivity index (χ2n) is 15.7. The average molecular weight is 780 g/mol. The summed E-state index contributed by atoms with van der Waals surface area (Å²) in [4.78, 5) is 11.0. The molecule has 0 spiro atoms. The van der Waals surface area contributed by atoms with Gasteiger partial charge in [-0.2, -0.15) is 0 Å². The topological polar surface area (TPSA) is 30.7 Å². The van der Waals surface area contributed by atoms with Crippen LogP contribution in [0.2, 0.25) is 0 Å². The van der Waals surface area contributed by atoms with E-state index >= 15 is 0 Å². The van der Waals surface area contributed by atoms with E-state index in [4.69, 9.17) is 9.97 Å². The lowest BCUT2D eigenvalue weighted by Gasteiger charge is -2.14. The number of hydrogen-bond donors (Lipinski definition) is 0. The first kappa shape index (κ1) is 33.3. The monoisotopic (exact) mass is 779 g/mol. The van der Waals surface area contributed by atoms with E-state index in [9.17, 15) is 0 Å². The predicted molar refractivity (Wildman–Crippen MR) is 256 cm³/mol. The lowest BCUT2D eigenvalue weighted by Crippen LogP contribution is -2.04. The number of aromatic nitrogens is 3. The molecule has 0 N–H and O–H groups in total. The van der Waals surface area contributed by atoms with Crippen molar-refractivity contribution in [1.82, 2.24) is 14.5 Å². The summed E-state index contributed by atoms with van der Waals surface area (Å²) in [6.45, 7) is 0. The van der Waals surface area contributed by atoms with E-state index in [2.05, 4.69) is 205 Å². The Bertz CT molecular complexity index is 3890. The molecule has 0 bridgehead atoms. The van der Waals surface area contributed by atoms with Crippen molar-refractivity contribution in [3.05, 3.63) is 200 Å². The number of thiophene rings is 1. The largest absolute Gasteiger partial charge is 0.277 e. The highest BCUT2D eigenvalue weighted by atomic mass is 32.1. The SMILES string of the molecule is c1ccc2c(-c3ccc(-c4nc(-n5c6ccc7ccccc7c6c6cccc(-c7cccc8c7sc7ccc9ccccc9c78)c65)nc5ccccc45)cc3)cccc2c1. The Kier molecular flexibility index (Phi) is 7.18. The second kappa shape index (κ2) is 12.9. The Morgan fingerprint density at radius 2 is 0.933 bits per heavy atom. The first-order chi connectivity index (χ1) is 29.8. The molecule has 60 heavy (non-hydrogen) atoms. The highest BCUT2D eigenvalue weighted by molar-refractivity contribution is 7.26. The summed E-state index contributed by atoms with van der Waals surface area (Å²) in [6, 6.07) is 72.5. The summed E-state index contributed by atoms with van der Waals surface area (Å²) in [5.41, 5.74) is 9.82. The fraction of sp³-hybridized carbons (Fsp3) is 0. The smallest absolute Gasteiger partial charge is 0.235 e. The highest BCUT2D eigenvalue weighted by Crippen LogP contribution is 2.47. The molecule has 3 nitrogen and oxygen atoms in total. The van der Waals surface area contributed by atoms with Crippen LogP contribution in [0.4, 0.5) is 0 Å². The number of benzene rings is 10. The van der Waals surface area contributed by atoms with Crippen LogP contribution in [0.25, 0.3) is 125 Å². The van der Waals surface area contributed by atoms with Crippen LogP contribution in [-0.2, 0) is 0 Å². The Morgan fingerprint density at radius 3 is 1.73 bits per heavy atom. The van der Waals surface area contributed by atoms with E-state index in [-0.39, 0.29) is 0 Å². The van der Waals surface area contributed by atoms with E-state index in [0.717, 1.165) is 38.8 Å². The summed E-state index contributed by atoms with van der Waals surface area (Å²) >= 11 is 1.88. The van der Waals surface area contributed by atoms with Gasteiger partial charge >= 0.3 is 0 Å². The van der Waals surface area contributed by atoms with Crippen LogP contribution in [0.5, 0.6) is 0 Å². The third-order valence-electron chi connectivity index (χ3n) is 12.4. The molecular formula is C56H33N3S. The molecule has 0 amide bonds. The molecule has 3 heterocycles. The van der Waals surface area contributed by atoms with Crippen LogP contribution >= 0.6 is 11.3 Å². The Labute approximate surface area is 349 Å². The summed E-state index contributed by atoms with van der Waals surface area (Å²) in [5.74, 6) is 0.652. The molecule has 0 atom stereocenters. The number of rotatable bonds is 4. The predicted octanol–water partition coefficient (Wildman–Crippen LogP) is 15.6. The van der Waals surface area contributed by atoms with Crippen molar-refractivity contribution < 1.29 is 0 Å². The third-order valence-corrected chi connectivity index (χ3v) is 13.6. The van der Waals surface area contributed by atoms with Crippen molar-refractivity contribution in [2.45, 2.75) is 0 Å². The van der Waals surface area contributed by atoms with Gasteiger partial charge in [-0.15, -0.1) is 11.3 Å². The van der Waals surface area contributed by atoms with Crippen molar-refractivity contribution >= 4 is 96.5 Å². The maximum Gasteiger partial charge on any atom is 0.235 e. The average Bonchev–Trinajstić information content (AvgIpc) is 3.88. The van der Waals surface area contributed by atoms with Crippen LogP contribution in [0.15, 0.2) is 200 Å². The molecule has 278 valence electrons. The molecule has 0 aliphatic heterocycles. The van der Waals surface area contributed by atoms with E-state index < -0.39 is 0 Å². The van der Waals surface area contributed by atoms with E-state index in [0.29, 0.717) is 5.95 Å². The lowest BCUT2D eigenvalue weighted by molar-refractivity contribution is 1.01. The maximum absolute atomic E-state index is 5.57. The fourth-order valence-electron chi connectivity index (χ4n) is 9.71. The molecule has 0 saturated heterocycles. The summed E-state index contributed by atoms with van der Waals surface area (Å²) < 4.78 is 4.90. The molecule has 0 fully saturated rings. The van der Waals surface area contributed by atoms with E-state index in [1.54, 1.807) is 0 Å². The number of para-hydroxylation sites is 2. The molecule has 0 aliphatic rings. The standard InChI is InChI=1S/C56H33N3S/c1-4-16-39-34(12-1)15-9-20-40(39)37-26-28-38(29-27-37)53-45-19-7-8-25-48(45)57-56(58-53)59-49-32-30-35-13-2-5-17-41(35)51(49)46-23-10-21-43(54(46)59)44-22-11-24-47-52-42-18-6-3-14-36(42)31-33-50(52)60-55(44)47/h1-33H. The van der Waals surface area contributed by atoms with Gasteiger partial charge in [0.2, 0.25) is 5.95 Å². The molecule has 0 aliphatic carbocycles. The zero-order valence-corrected chi connectivity index (χ0v) is 33.1. The maximum atomic E-state index is 5.57. The van der Waals surface area contributed by atoms with Gasteiger partial charge in [0.1, 0.15) is 0 Å². The Balaban J connectivity index is 1.09. The molecule has 3 aromatic heterocycles. The highest BCUT2D eigenvalue weighted by Gasteiger charge is 2.23. The summed E-state index contributed by atoms with van der Waals surface area (Å²) in [7, 11) is 0. The molecule has 0 saturated carbocycles. The van der Waals surface area contributed by atoms with Gasteiger partial charge in [0.05, 0.1) is 22.2 Å². The number of hydrogen-bond acceptors (Lipinski definition) is 3. The lowest BCUT2D eigenvalue weighted by atomic mass is 9.96. The van der Waals surface area contributed by atoms with Crippen LogP contribution < -0.4 is 0 Å². The van der Waals surface area contributed by atoms with Gasteiger partial charge in [-0.25, -0.2) is 9.97 Å². The molecule has 0 radical (unpaired) electrons. The van der Waals surface area contributed by atoms with Gasteiger partial charge in [-0.1, -0.05) is 182 Å². The summed E-state index contributed by atoms with van der Waals surface area (Å²) in [5, 5.41) is 13.5. The third kappa shape index (κ3) is 4.89. The number of fused-ring (bicyclic) bond motifs is 12. The first-order valence-corrected chi connectivity index (χ1v) is 21.2. The minimum absolute atomic E-state index is 0.652. The van der Waals surface area contributed by atoms with Crippen molar-refractivity contribution in [3.8, 4) is 39.5 Å². The van der Waals surface area contributed by atoms with Gasteiger partial charge in [0.15, 0.2) is 0 Å². The van der Waals surface area contributed by atoms with Gasteiger partial charge in [-0.3, -0.25) is 4.57 Å². The van der Waals surface area contributed by atoms with Gasteiger partial charge in [0.25, 0.3) is 0 Å². The quantitative estimate of drug-likeness (QED) is 0.178.